The number of hydrogen-bond acceptors (Lipinski definition) is 6. The number of nitrogens with zero attached hydrogens (tertiary/aromatic N) is 1. The van der Waals surface area contributed by atoms with Crippen molar-refractivity contribution in [3.63, 3.8) is 0 Å². The van der Waals surface area contributed by atoms with E-state index < -0.39 is 11.7 Å². The standard InChI is InChI=1S/C23H38ClN3O5/c1-9-27(10-2)12-11-25-20(28)16-13-17(24)18(14-19(16)30-8)26-21(29)32-23(6,7)15-31-22(3,4)5/h13-14H,9-12,15H2,1-8H3,(H,25,28)(H,26,29). The van der Waals surface area contributed by atoms with Crippen molar-refractivity contribution in [1.82, 2.24) is 10.2 Å². The molecule has 8 nitrogen and oxygen atoms in total. The highest BCUT2D eigenvalue weighted by Crippen LogP contribution is 2.31. The fraction of sp³-hybridized carbons (Fsp3) is 0.652. The molecule has 0 unspecified atom stereocenters. The Kier molecular flexibility index (Phi) is 10.7. The van der Waals surface area contributed by atoms with Crippen LogP contribution in [0.2, 0.25) is 5.02 Å². The number of amides is 2. The molecule has 182 valence electrons. The molecule has 2 amide bonds. The maximum atomic E-state index is 12.6. The fourth-order valence-corrected chi connectivity index (χ4v) is 2.98. The minimum atomic E-state index is -0.849. The number of hydrogen-bond donors (Lipinski definition) is 2. The highest BCUT2D eigenvalue weighted by atomic mass is 35.5. The molecule has 0 spiro atoms. The van der Waals surface area contributed by atoms with Gasteiger partial charge in [0.2, 0.25) is 0 Å². The summed E-state index contributed by atoms with van der Waals surface area (Å²) in [6.07, 6.45) is -0.687. The van der Waals surface area contributed by atoms with Crippen LogP contribution in [0, 0.1) is 0 Å². The number of nitrogens with one attached hydrogen (secondary N) is 2. The van der Waals surface area contributed by atoms with E-state index in [0.717, 1.165) is 19.6 Å². The topological polar surface area (TPSA) is 89.1 Å². The van der Waals surface area contributed by atoms with Gasteiger partial charge in [-0.05, 0) is 53.8 Å². The van der Waals surface area contributed by atoms with Crippen molar-refractivity contribution >= 4 is 29.3 Å². The van der Waals surface area contributed by atoms with E-state index in [2.05, 4.69) is 29.4 Å². The van der Waals surface area contributed by atoms with Crippen LogP contribution < -0.4 is 15.4 Å². The number of methoxy groups -OCH3 is 1. The summed E-state index contributed by atoms with van der Waals surface area (Å²) in [7, 11) is 1.45. The quantitative estimate of drug-likeness (QED) is 0.491. The molecule has 0 atom stereocenters. The third-order valence-corrected chi connectivity index (χ3v) is 4.91. The number of carbonyl (C=O) groups excluding carboxylic acids is 2. The van der Waals surface area contributed by atoms with Crippen LogP contribution in [-0.2, 0) is 9.47 Å². The smallest absolute Gasteiger partial charge is 0.412 e. The lowest BCUT2D eigenvalue weighted by Gasteiger charge is -2.29. The lowest BCUT2D eigenvalue weighted by atomic mass is 10.1. The van der Waals surface area contributed by atoms with Gasteiger partial charge in [-0.15, -0.1) is 0 Å². The van der Waals surface area contributed by atoms with Crippen molar-refractivity contribution in [2.45, 2.75) is 59.7 Å². The fourth-order valence-electron chi connectivity index (χ4n) is 2.76. The second kappa shape index (κ2) is 12.3. The molecule has 0 saturated carbocycles. The van der Waals surface area contributed by atoms with Gasteiger partial charge >= 0.3 is 6.09 Å². The van der Waals surface area contributed by atoms with E-state index >= 15 is 0 Å². The lowest BCUT2D eigenvalue weighted by Crippen LogP contribution is -2.38. The average Bonchev–Trinajstić information content (AvgIpc) is 2.70. The summed E-state index contributed by atoms with van der Waals surface area (Å²) in [5.41, 5.74) is -0.635. The Morgan fingerprint density at radius 3 is 2.25 bits per heavy atom. The zero-order valence-electron chi connectivity index (χ0n) is 20.6. The van der Waals surface area contributed by atoms with Crippen molar-refractivity contribution in [3.8, 4) is 5.75 Å². The summed E-state index contributed by atoms with van der Waals surface area (Å²) >= 11 is 6.33. The van der Waals surface area contributed by atoms with Crippen molar-refractivity contribution in [1.29, 1.82) is 0 Å². The predicted molar refractivity (Wildman–Crippen MR) is 128 cm³/mol. The van der Waals surface area contributed by atoms with Crippen LogP contribution in [0.4, 0.5) is 10.5 Å². The summed E-state index contributed by atoms with van der Waals surface area (Å²) in [5, 5.41) is 5.68. The van der Waals surface area contributed by atoms with E-state index in [0.29, 0.717) is 12.3 Å². The molecule has 0 fully saturated rings. The van der Waals surface area contributed by atoms with Crippen LogP contribution in [0.5, 0.6) is 5.75 Å². The second-order valence-corrected chi connectivity index (χ2v) is 9.40. The van der Waals surface area contributed by atoms with Crippen molar-refractivity contribution in [3.05, 3.63) is 22.7 Å². The molecule has 0 saturated heterocycles. The van der Waals surface area contributed by atoms with E-state index in [1.165, 1.54) is 19.2 Å². The first-order chi connectivity index (χ1) is 14.8. The molecule has 0 aliphatic heterocycles. The molecule has 0 aliphatic rings. The Balaban J connectivity index is 2.83. The minimum Gasteiger partial charge on any atom is -0.496 e. The van der Waals surface area contributed by atoms with Crippen molar-refractivity contribution in [2.24, 2.45) is 0 Å². The summed E-state index contributed by atoms with van der Waals surface area (Å²) in [4.78, 5) is 27.2. The van der Waals surface area contributed by atoms with Gasteiger partial charge in [0.1, 0.15) is 11.4 Å². The SMILES string of the molecule is CCN(CC)CCNC(=O)c1cc(Cl)c(NC(=O)OC(C)(C)COC(C)(C)C)cc1OC. The first kappa shape index (κ1) is 28.0. The Bertz CT molecular complexity index is 774. The molecule has 1 aromatic rings. The van der Waals surface area contributed by atoms with E-state index in [4.69, 9.17) is 25.8 Å². The predicted octanol–water partition coefficient (Wildman–Crippen LogP) is 4.56. The first-order valence-electron chi connectivity index (χ1n) is 10.8. The van der Waals surface area contributed by atoms with Crippen LogP contribution in [0.1, 0.15) is 58.8 Å². The van der Waals surface area contributed by atoms with E-state index in [-0.39, 0.29) is 34.4 Å². The van der Waals surface area contributed by atoms with Crippen LogP contribution in [0.15, 0.2) is 12.1 Å². The Morgan fingerprint density at radius 2 is 1.72 bits per heavy atom. The summed E-state index contributed by atoms with van der Waals surface area (Å²) in [6, 6.07) is 2.97. The molecular weight excluding hydrogens is 434 g/mol. The maximum absolute atomic E-state index is 12.6. The number of ether oxygens (including phenoxy) is 3. The highest BCUT2D eigenvalue weighted by Gasteiger charge is 2.27. The molecule has 1 rings (SSSR count). The van der Waals surface area contributed by atoms with E-state index in [1.807, 2.05) is 20.8 Å². The number of halogens is 1. The zero-order chi connectivity index (χ0) is 24.5. The van der Waals surface area contributed by atoms with Crippen LogP contribution >= 0.6 is 11.6 Å². The normalized spacial score (nSPS) is 11.9. The molecule has 0 heterocycles. The third kappa shape index (κ3) is 9.63. The van der Waals surface area contributed by atoms with Crippen LogP contribution in [0.25, 0.3) is 0 Å². The van der Waals surface area contributed by atoms with Gasteiger partial charge < -0.3 is 24.4 Å². The van der Waals surface area contributed by atoms with Gasteiger partial charge in [0, 0.05) is 19.2 Å². The summed E-state index contributed by atoms with van der Waals surface area (Å²) in [5.74, 6) is -0.00846. The number of likely N-dealkylation sites (N-methyl/N-ethyl adjacent to an activating group) is 1. The monoisotopic (exact) mass is 471 g/mol. The highest BCUT2D eigenvalue weighted by molar-refractivity contribution is 6.34. The molecular formula is C23H38ClN3O5. The molecule has 0 bridgehead atoms. The average molecular weight is 472 g/mol. The summed E-state index contributed by atoms with van der Waals surface area (Å²) < 4.78 is 16.5. The van der Waals surface area contributed by atoms with Gasteiger partial charge in [-0.3, -0.25) is 10.1 Å². The Morgan fingerprint density at radius 1 is 1.09 bits per heavy atom. The van der Waals surface area contributed by atoms with Crippen molar-refractivity contribution in [2.75, 3.05) is 45.2 Å². The van der Waals surface area contributed by atoms with Crippen LogP contribution in [0.3, 0.4) is 0 Å². The number of anilines is 1. The Hall–Kier alpha value is -2.03. The van der Waals surface area contributed by atoms with Crippen LogP contribution in [-0.4, -0.2) is 68.0 Å². The molecule has 1 aromatic carbocycles. The molecule has 32 heavy (non-hydrogen) atoms. The largest absolute Gasteiger partial charge is 0.496 e. The van der Waals surface area contributed by atoms with E-state index in [9.17, 15) is 9.59 Å². The zero-order valence-corrected chi connectivity index (χ0v) is 21.3. The minimum absolute atomic E-state index is 0.195. The van der Waals surface area contributed by atoms with Gasteiger partial charge in [0.15, 0.2) is 0 Å². The second-order valence-electron chi connectivity index (χ2n) is 8.99. The molecule has 0 aromatic heterocycles. The molecule has 2 N–H and O–H groups in total. The van der Waals surface area contributed by atoms with Gasteiger partial charge in [0.25, 0.3) is 5.91 Å². The molecule has 0 radical (unpaired) electrons. The molecule has 0 aliphatic carbocycles. The van der Waals surface area contributed by atoms with Gasteiger partial charge in [0.05, 0.1) is 35.6 Å². The number of benzene rings is 1. The van der Waals surface area contributed by atoms with Gasteiger partial charge in [-0.2, -0.15) is 0 Å². The first-order valence-corrected chi connectivity index (χ1v) is 11.2. The number of rotatable bonds is 11. The Labute approximate surface area is 196 Å². The van der Waals surface area contributed by atoms with Gasteiger partial charge in [-0.1, -0.05) is 25.4 Å². The van der Waals surface area contributed by atoms with Crippen molar-refractivity contribution < 1.29 is 23.8 Å². The summed E-state index contributed by atoms with van der Waals surface area (Å²) in [6.45, 7) is 16.7. The number of carbonyl (C=O) groups is 2. The molecule has 9 heteroatoms. The third-order valence-electron chi connectivity index (χ3n) is 4.60. The van der Waals surface area contributed by atoms with Gasteiger partial charge in [-0.25, -0.2) is 4.79 Å². The maximum Gasteiger partial charge on any atom is 0.412 e. The van der Waals surface area contributed by atoms with E-state index in [1.54, 1.807) is 13.8 Å². The lowest BCUT2D eigenvalue weighted by molar-refractivity contribution is -0.0843.